The monoisotopic (exact) mass is 143 g/mol. The van der Waals surface area contributed by atoms with Crippen molar-refractivity contribution in [1.29, 1.82) is 0 Å². The van der Waals surface area contributed by atoms with Crippen molar-refractivity contribution in [2.24, 2.45) is 0 Å². The lowest BCUT2D eigenvalue weighted by Crippen LogP contribution is -2.02. The van der Waals surface area contributed by atoms with E-state index in [2.05, 4.69) is 10.2 Å². The van der Waals surface area contributed by atoms with Crippen molar-refractivity contribution in [3.05, 3.63) is 11.9 Å². The highest BCUT2D eigenvalue weighted by Crippen LogP contribution is 1.89. The fourth-order valence-electron chi connectivity index (χ4n) is 0.693. The number of rotatable bonds is 3. The Labute approximate surface area is 58.9 Å². The third-order valence-electron chi connectivity index (χ3n) is 1.14. The van der Waals surface area contributed by atoms with Gasteiger partial charge in [0, 0.05) is 0 Å². The smallest absolute Gasteiger partial charge is 0.0912 e. The zero-order valence-corrected chi connectivity index (χ0v) is 5.92. The van der Waals surface area contributed by atoms with Crippen LogP contribution in [0.3, 0.4) is 0 Å². The van der Waals surface area contributed by atoms with E-state index in [1.54, 1.807) is 6.20 Å². The molecule has 3 nitrogen and oxygen atoms in total. The SMILES string of the molecule is Cc1cnn(CCCF)n1. The Morgan fingerprint density at radius 3 is 3.00 bits per heavy atom. The van der Waals surface area contributed by atoms with E-state index < -0.39 is 0 Å². The topological polar surface area (TPSA) is 30.7 Å². The average molecular weight is 143 g/mol. The van der Waals surface area contributed by atoms with Crippen LogP contribution in [-0.2, 0) is 6.54 Å². The summed E-state index contributed by atoms with van der Waals surface area (Å²) in [7, 11) is 0. The van der Waals surface area contributed by atoms with Crippen molar-refractivity contribution in [1.82, 2.24) is 15.0 Å². The maximum atomic E-state index is 11.6. The van der Waals surface area contributed by atoms with Gasteiger partial charge in [0.25, 0.3) is 0 Å². The molecular formula is C6H10FN3. The molecule has 0 aromatic carbocycles. The molecule has 1 rings (SSSR count). The van der Waals surface area contributed by atoms with Gasteiger partial charge in [-0.15, -0.1) is 0 Å². The van der Waals surface area contributed by atoms with Gasteiger partial charge < -0.3 is 0 Å². The number of nitrogens with zero attached hydrogens (tertiary/aromatic N) is 3. The maximum Gasteiger partial charge on any atom is 0.0912 e. The molecule has 0 atom stereocenters. The lowest BCUT2D eigenvalue weighted by atomic mass is 10.5. The summed E-state index contributed by atoms with van der Waals surface area (Å²) in [5.41, 5.74) is 0.874. The van der Waals surface area contributed by atoms with Crippen molar-refractivity contribution in [3.8, 4) is 0 Å². The summed E-state index contributed by atoms with van der Waals surface area (Å²) in [5, 5.41) is 7.88. The minimum absolute atomic E-state index is 0.305. The first-order valence-electron chi connectivity index (χ1n) is 3.25. The van der Waals surface area contributed by atoms with Crippen molar-refractivity contribution in [2.75, 3.05) is 6.67 Å². The molecule has 1 aromatic heterocycles. The number of aromatic nitrogens is 3. The molecule has 0 unspecified atom stereocenters. The fraction of sp³-hybridized carbons (Fsp3) is 0.667. The van der Waals surface area contributed by atoms with Gasteiger partial charge in [-0.1, -0.05) is 0 Å². The molecular weight excluding hydrogens is 133 g/mol. The first kappa shape index (κ1) is 7.18. The molecule has 0 aliphatic rings. The molecule has 4 heteroatoms. The maximum absolute atomic E-state index is 11.6. The third-order valence-corrected chi connectivity index (χ3v) is 1.14. The fourth-order valence-corrected chi connectivity index (χ4v) is 0.693. The van der Waals surface area contributed by atoms with Gasteiger partial charge in [0.1, 0.15) is 0 Å². The van der Waals surface area contributed by atoms with E-state index >= 15 is 0 Å². The van der Waals surface area contributed by atoms with E-state index in [4.69, 9.17) is 0 Å². The number of hydrogen-bond acceptors (Lipinski definition) is 2. The second kappa shape index (κ2) is 3.29. The highest BCUT2D eigenvalue weighted by atomic mass is 19.1. The number of alkyl halides is 1. The summed E-state index contributed by atoms with van der Waals surface area (Å²) < 4.78 is 11.6. The second-order valence-corrected chi connectivity index (χ2v) is 2.12. The van der Waals surface area contributed by atoms with Crippen LogP contribution in [0.1, 0.15) is 12.1 Å². The van der Waals surface area contributed by atoms with Gasteiger partial charge >= 0.3 is 0 Å². The number of hydrogen-bond donors (Lipinski definition) is 0. The van der Waals surface area contributed by atoms with Crippen molar-refractivity contribution in [2.45, 2.75) is 19.9 Å². The van der Waals surface area contributed by atoms with Crippen molar-refractivity contribution >= 4 is 0 Å². The normalized spacial score (nSPS) is 10.2. The first-order chi connectivity index (χ1) is 4.83. The molecule has 0 aliphatic carbocycles. The van der Waals surface area contributed by atoms with Gasteiger partial charge in [-0.05, 0) is 13.3 Å². The Kier molecular flexibility index (Phi) is 2.36. The van der Waals surface area contributed by atoms with Crippen LogP contribution in [0.4, 0.5) is 4.39 Å². The summed E-state index contributed by atoms with van der Waals surface area (Å²) in [6.45, 7) is 2.13. The molecule has 0 fully saturated rings. The van der Waals surface area contributed by atoms with Crippen LogP contribution in [0.5, 0.6) is 0 Å². The van der Waals surface area contributed by atoms with Gasteiger partial charge in [-0.3, -0.25) is 4.39 Å². The van der Waals surface area contributed by atoms with Crippen LogP contribution in [0.15, 0.2) is 6.20 Å². The molecule has 0 spiro atoms. The van der Waals surface area contributed by atoms with E-state index in [0.717, 1.165) is 5.69 Å². The summed E-state index contributed by atoms with van der Waals surface area (Å²) in [4.78, 5) is 1.51. The second-order valence-electron chi connectivity index (χ2n) is 2.12. The molecule has 1 heterocycles. The molecule has 56 valence electrons. The Hall–Kier alpha value is -0.930. The largest absolute Gasteiger partial charge is 0.251 e. The van der Waals surface area contributed by atoms with Crippen LogP contribution >= 0.6 is 0 Å². The van der Waals surface area contributed by atoms with Crippen LogP contribution < -0.4 is 0 Å². The molecule has 0 aliphatic heterocycles. The minimum atomic E-state index is -0.305. The van der Waals surface area contributed by atoms with Crippen molar-refractivity contribution < 1.29 is 4.39 Å². The Morgan fingerprint density at radius 2 is 2.50 bits per heavy atom. The van der Waals surface area contributed by atoms with Crippen LogP contribution in [0, 0.1) is 6.92 Å². The van der Waals surface area contributed by atoms with E-state index in [0.29, 0.717) is 13.0 Å². The van der Waals surface area contributed by atoms with Crippen LogP contribution in [0.2, 0.25) is 0 Å². The highest BCUT2D eigenvalue weighted by molar-refractivity contribution is 4.84. The number of aryl methyl sites for hydroxylation is 2. The summed E-state index contributed by atoms with van der Waals surface area (Å²) in [6, 6.07) is 0. The molecule has 0 bridgehead atoms. The lowest BCUT2D eigenvalue weighted by Gasteiger charge is -1.93. The van der Waals surface area contributed by atoms with E-state index in [1.807, 2.05) is 6.92 Å². The van der Waals surface area contributed by atoms with Gasteiger partial charge in [-0.2, -0.15) is 15.0 Å². The molecule has 0 saturated carbocycles. The predicted octanol–water partition coefficient (Wildman–Crippen LogP) is 0.946. The van der Waals surface area contributed by atoms with Crippen LogP contribution in [-0.4, -0.2) is 21.7 Å². The van der Waals surface area contributed by atoms with Gasteiger partial charge in [0.05, 0.1) is 25.1 Å². The van der Waals surface area contributed by atoms with Gasteiger partial charge in [0.15, 0.2) is 0 Å². The predicted molar refractivity (Wildman–Crippen MR) is 35.4 cm³/mol. The zero-order chi connectivity index (χ0) is 7.40. The van der Waals surface area contributed by atoms with Crippen LogP contribution in [0.25, 0.3) is 0 Å². The lowest BCUT2D eigenvalue weighted by molar-refractivity contribution is 0.415. The Morgan fingerprint density at radius 1 is 1.70 bits per heavy atom. The Bertz CT molecular complexity index is 197. The standard InChI is InChI=1S/C6H10FN3/c1-6-5-8-10(9-6)4-2-3-7/h5H,2-4H2,1H3. The minimum Gasteiger partial charge on any atom is -0.251 e. The van der Waals surface area contributed by atoms with Crippen molar-refractivity contribution in [3.63, 3.8) is 0 Å². The molecule has 0 radical (unpaired) electrons. The molecule has 0 saturated heterocycles. The van der Waals surface area contributed by atoms with E-state index in [-0.39, 0.29) is 6.67 Å². The molecule has 10 heavy (non-hydrogen) atoms. The first-order valence-corrected chi connectivity index (χ1v) is 3.25. The Balaban J connectivity index is 2.42. The van der Waals surface area contributed by atoms with E-state index in [1.165, 1.54) is 4.80 Å². The number of halogens is 1. The third kappa shape index (κ3) is 1.79. The molecule has 0 amide bonds. The molecule has 0 N–H and O–H groups in total. The zero-order valence-electron chi connectivity index (χ0n) is 5.92. The summed E-state index contributed by atoms with van der Waals surface area (Å²) >= 11 is 0. The van der Waals surface area contributed by atoms with Gasteiger partial charge in [0.2, 0.25) is 0 Å². The summed E-state index contributed by atoms with van der Waals surface area (Å²) in [6.07, 6.45) is 2.16. The highest BCUT2D eigenvalue weighted by Gasteiger charge is 1.93. The average Bonchev–Trinajstić information content (AvgIpc) is 2.31. The quantitative estimate of drug-likeness (QED) is 0.630. The van der Waals surface area contributed by atoms with E-state index in [9.17, 15) is 4.39 Å². The molecule has 1 aromatic rings. The summed E-state index contributed by atoms with van der Waals surface area (Å²) in [5.74, 6) is 0. The van der Waals surface area contributed by atoms with Gasteiger partial charge in [-0.25, -0.2) is 0 Å².